The molecule has 0 heterocycles. The van der Waals surface area contributed by atoms with Crippen molar-refractivity contribution in [3.05, 3.63) is 11.6 Å². The molecule has 4 rings (SSSR count). The molecule has 1 heteroatoms. The lowest BCUT2D eigenvalue weighted by Gasteiger charge is -2.54. The van der Waals surface area contributed by atoms with Crippen LogP contribution in [0.3, 0.4) is 0 Å². The summed E-state index contributed by atoms with van der Waals surface area (Å²) in [6.07, 6.45) is 9.21. The van der Waals surface area contributed by atoms with Gasteiger partial charge >= 0.3 is 0 Å². The van der Waals surface area contributed by atoms with E-state index < -0.39 is 0 Å². The largest absolute Gasteiger partial charge is 0.193 e. The van der Waals surface area contributed by atoms with E-state index in [-0.39, 0.29) is 0 Å². The fraction of sp³-hybridized carbons (Fsp3) is 0.786. The summed E-state index contributed by atoms with van der Waals surface area (Å²) in [5.41, 5.74) is 1.09. The molecule has 0 atom stereocenters. The number of rotatable bonds is 1. The Morgan fingerprint density at radius 2 is 1.60 bits per heavy atom. The van der Waals surface area contributed by atoms with Crippen LogP contribution in [0, 0.1) is 40.9 Å². The predicted molar refractivity (Wildman–Crippen MR) is 59.9 cm³/mol. The quantitative estimate of drug-likeness (QED) is 0.595. The van der Waals surface area contributed by atoms with Crippen LogP contribution in [0.2, 0.25) is 0 Å². The summed E-state index contributed by atoms with van der Waals surface area (Å²) in [6, 6.07) is 2.44. The first-order valence-corrected chi connectivity index (χ1v) is 6.38. The zero-order chi connectivity index (χ0) is 10.4. The molecule has 4 bridgehead atoms. The van der Waals surface area contributed by atoms with Gasteiger partial charge < -0.3 is 0 Å². The summed E-state index contributed by atoms with van der Waals surface area (Å²) in [5, 5.41) is 9.19. The van der Waals surface area contributed by atoms with Crippen molar-refractivity contribution in [3.8, 4) is 6.07 Å². The Labute approximate surface area is 92.2 Å². The van der Waals surface area contributed by atoms with E-state index in [1.807, 2.05) is 6.92 Å². The highest BCUT2D eigenvalue weighted by Gasteiger charge is 2.49. The van der Waals surface area contributed by atoms with Crippen molar-refractivity contribution >= 4 is 0 Å². The van der Waals surface area contributed by atoms with Crippen LogP contribution in [0.15, 0.2) is 11.6 Å². The molecule has 0 aromatic carbocycles. The van der Waals surface area contributed by atoms with Gasteiger partial charge in [-0.2, -0.15) is 5.26 Å². The van der Waals surface area contributed by atoms with Crippen molar-refractivity contribution in [1.82, 2.24) is 0 Å². The lowest BCUT2D eigenvalue weighted by atomic mass is 9.50. The van der Waals surface area contributed by atoms with E-state index in [2.05, 4.69) is 12.1 Å². The number of hydrogen-bond donors (Lipinski definition) is 0. The number of nitrogens with zero attached hydrogens (tertiary/aromatic N) is 1. The normalized spacial score (nSPS) is 48.0. The third-order valence-electron chi connectivity index (χ3n) is 5.03. The fourth-order valence-corrected chi connectivity index (χ4v) is 4.76. The van der Waals surface area contributed by atoms with Gasteiger partial charge in [-0.05, 0) is 68.6 Å². The van der Waals surface area contributed by atoms with Gasteiger partial charge in [0.25, 0.3) is 0 Å². The Kier molecular flexibility index (Phi) is 2.12. The van der Waals surface area contributed by atoms with Gasteiger partial charge in [-0.25, -0.2) is 0 Å². The first-order valence-electron chi connectivity index (χ1n) is 6.38. The van der Waals surface area contributed by atoms with Crippen molar-refractivity contribution < 1.29 is 0 Å². The van der Waals surface area contributed by atoms with Crippen LogP contribution >= 0.6 is 0 Å². The Hall–Kier alpha value is -0.770. The summed E-state index contributed by atoms with van der Waals surface area (Å²) in [5.74, 6) is 4.37. The van der Waals surface area contributed by atoms with Crippen molar-refractivity contribution in [2.75, 3.05) is 0 Å². The minimum Gasteiger partial charge on any atom is -0.193 e. The van der Waals surface area contributed by atoms with Crippen LogP contribution in [0.1, 0.15) is 39.0 Å². The fourth-order valence-electron chi connectivity index (χ4n) is 4.76. The highest BCUT2D eigenvalue weighted by molar-refractivity contribution is 5.27. The van der Waals surface area contributed by atoms with E-state index in [1.165, 1.54) is 32.1 Å². The van der Waals surface area contributed by atoms with Gasteiger partial charge in [-0.15, -0.1) is 0 Å². The van der Waals surface area contributed by atoms with Gasteiger partial charge in [-0.1, -0.05) is 6.08 Å². The second-order valence-corrected chi connectivity index (χ2v) is 5.81. The second kappa shape index (κ2) is 3.37. The second-order valence-electron chi connectivity index (χ2n) is 5.81. The smallest absolute Gasteiger partial charge is 0.0946 e. The molecule has 1 nitrogen and oxygen atoms in total. The molecule has 4 fully saturated rings. The topological polar surface area (TPSA) is 23.8 Å². The van der Waals surface area contributed by atoms with Crippen molar-refractivity contribution in [2.45, 2.75) is 39.0 Å². The molecule has 0 spiro atoms. The maximum atomic E-state index is 9.19. The monoisotopic (exact) mass is 201 g/mol. The SMILES string of the molecule is C/C=C(\C#N)C1C2CC3CC(C2)CC1C3. The van der Waals surface area contributed by atoms with E-state index in [9.17, 15) is 5.26 Å². The molecular weight excluding hydrogens is 182 g/mol. The minimum absolute atomic E-state index is 0.632. The van der Waals surface area contributed by atoms with Gasteiger partial charge in [0.1, 0.15) is 0 Å². The van der Waals surface area contributed by atoms with Gasteiger partial charge in [0.05, 0.1) is 6.07 Å². The summed E-state index contributed by atoms with van der Waals surface area (Å²) < 4.78 is 0. The van der Waals surface area contributed by atoms with E-state index in [0.717, 1.165) is 29.2 Å². The Morgan fingerprint density at radius 3 is 2.00 bits per heavy atom. The van der Waals surface area contributed by atoms with Crippen LogP contribution < -0.4 is 0 Å². The third kappa shape index (κ3) is 1.34. The molecule has 0 N–H and O–H groups in total. The van der Waals surface area contributed by atoms with Crippen LogP contribution in [0.5, 0.6) is 0 Å². The standard InChI is InChI=1S/C14H19N/c1-2-11(8-15)14-12-4-9-3-10(6-12)7-13(14)5-9/h2,9-10,12-14H,3-7H2,1H3/b11-2+. The average molecular weight is 201 g/mol. The highest BCUT2D eigenvalue weighted by atomic mass is 14.5. The molecule has 0 amide bonds. The molecule has 0 aromatic rings. The van der Waals surface area contributed by atoms with Crippen LogP contribution in [0.25, 0.3) is 0 Å². The molecule has 0 aliphatic heterocycles. The Bertz CT molecular complexity index is 306. The summed E-state index contributed by atoms with van der Waals surface area (Å²) in [4.78, 5) is 0. The predicted octanol–water partition coefficient (Wildman–Crippen LogP) is 3.53. The lowest BCUT2D eigenvalue weighted by Crippen LogP contribution is -2.45. The van der Waals surface area contributed by atoms with E-state index in [1.54, 1.807) is 0 Å². The van der Waals surface area contributed by atoms with Crippen LogP contribution in [0.4, 0.5) is 0 Å². The zero-order valence-corrected chi connectivity index (χ0v) is 9.45. The maximum Gasteiger partial charge on any atom is 0.0946 e. The average Bonchev–Trinajstić information content (AvgIpc) is 2.22. The van der Waals surface area contributed by atoms with Gasteiger partial charge in [-0.3, -0.25) is 0 Å². The number of allylic oxidation sites excluding steroid dienone is 2. The molecule has 4 saturated carbocycles. The van der Waals surface area contributed by atoms with Gasteiger partial charge in [0.15, 0.2) is 0 Å². The maximum absolute atomic E-state index is 9.19. The molecular formula is C14H19N. The molecule has 0 saturated heterocycles. The van der Waals surface area contributed by atoms with Gasteiger partial charge in [0, 0.05) is 5.57 Å². The molecule has 4 aliphatic rings. The molecule has 0 aromatic heterocycles. The molecule has 80 valence electrons. The van der Waals surface area contributed by atoms with Crippen LogP contribution in [-0.4, -0.2) is 0 Å². The van der Waals surface area contributed by atoms with Gasteiger partial charge in [0.2, 0.25) is 0 Å². The van der Waals surface area contributed by atoms with Crippen molar-refractivity contribution in [2.24, 2.45) is 29.6 Å². The van der Waals surface area contributed by atoms with E-state index in [4.69, 9.17) is 0 Å². The summed E-state index contributed by atoms with van der Waals surface area (Å²) >= 11 is 0. The Morgan fingerprint density at radius 1 is 1.07 bits per heavy atom. The molecule has 15 heavy (non-hydrogen) atoms. The molecule has 0 radical (unpaired) electrons. The van der Waals surface area contributed by atoms with Crippen molar-refractivity contribution in [1.29, 1.82) is 5.26 Å². The number of nitriles is 1. The highest BCUT2D eigenvalue weighted by Crippen LogP contribution is 2.58. The van der Waals surface area contributed by atoms with E-state index >= 15 is 0 Å². The van der Waals surface area contributed by atoms with E-state index in [0.29, 0.717) is 5.92 Å². The summed E-state index contributed by atoms with van der Waals surface area (Å²) in [6.45, 7) is 2.03. The summed E-state index contributed by atoms with van der Waals surface area (Å²) in [7, 11) is 0. The van der Waals surface area contributed by atoms with Crippen molar-refractivity contribution in [3.63, 3.8) is 0 Å². The first-order chi connectivity index (χ1) is 7.31. The molecule has 4 aliphatic carbocycles. The third-order valence-corrected chi connectivity index (χ3v) is 5.03. The zero-order valence-electron chi connectivity index (χ0n) is 9.45. The minimum atomic E-state index is 0.632. The number of hydrogen-bond acceptors (Lipinski definition) is 1. The van der Waals surface area contributed by atoms with Crippen LogP contribution in [-0.2, 0) is 0 Å². The lowest BCUT2D eigenvalue weighted by molar-refractivity contribution is -0.0191. The molecule has 0 unspecified atom stereocenters. The Balaban J connectivity index is 1.89. The first kappa shape index (κ1) is 9.46.